The van der Waals surface area contributed by atoms with Crippen LogP contribution >= 0.6 is 0 Å². The van der Waals surface area contributed by atoms with Gasteiger partial charge in [0.25, 0.3) is 0 Å². The summed E-state index contributed by atoms with van der Waals surface area (Å²) in [6.07, 6.45) is 2.49. The van der Waals surface area contributed by atoms with Gasteiger partial charge in [-0.3, -0.25) is 0 Å². The van der Waals surface area contributed by atoms with Crippen LogP contribution in [0.3, 0.4) is 0 Å². The predicted molar refractivity (Wildman–Crippen MR) is 35.2 cm³/mol. The van der Waals surface area contributed by atoms with E-state index < -0.39 is 17.1 Å². The summed E-state index contributed by atoms with van der Waals surface area (Å²) in [5.41, 5.74) is 0. The maximum absolute atomic E-state index is 10.3. The van der Waals surface area contributed by atoms with Gasteiger partial charge in [0.15, 0.2) is 0 Å². The van der Waals surface area contributed by atoms with Crippen LogP contribution in [0.5, 0.6) is 0 Å². The summed E-state index contributed by atoms with van der Waals surface area (Å²) in [6, 6.07) is 0. The van der Waals surface area contributed by atoms with Crippen molar-refractivity contribution in [3.05, 3.63) is 0 Å². The van der Waals surface area contributed by atoms with Gasteiger partial charge in [0, 0.05) is 0 Å². The zero-order chi connectivity index (χ0) is 6.41. The normalized spacial score (nSPS) is 7.22. The van der Waals surface area contributed by atoms with Gasteiger partial charge in [0.2, 0.25) is 0 Å². The third kappa shape index (κ3) is 8.91. The van der Waals surface area contributed by atoms with Crippen LogP contribution in [-0.2, 0) is 25.4 Å². The molecule has 0 spiro atoms. The van der Waals surface area contributed by atoms with E-state index in [-0.39, 0.29) is 28.8 Å². The average molecular weight is 291 g/mol. The molecule has 0 saturated carbocycles. The van der Waals surface area contributed by atoms with E-state index in [2.05, 4.69) is 0 Å². The molecular formula is C5H12O2SbZn. The van der Waals surface area contributed by atoms with Crippen molar-refractivity contribution in [3.63, 3.8) is 0 Å². The summed E-state index contributed by atoms with van der Waals surface area (Å²) < 4.78 is 10.0. The van der Waals surface area contributed by atoms with Crippen LogP contribution < -0.4 is 0 Å². The molecule has 0 unspecified atom stereocenters. The van der Waals surface area contributed by atoms with Gasteiger partial charge >= 0.3 is 80.4 Å². The number of carbonyl (C=O) groups is 1. The monoisotopic (exact) mass is 289 g/mol. The fourth-order valence-corrected chi connectivity index (χ4v) is 1.27. The summed E-state index contributed by atoms with van der Waals surface area (Å²) in [6.45, 7) is 2.02. The van der Waals surface area contributed by atoms with Crippen LogP contribution in [-0.4, -0.2) is 28.8 Å². The summed E-state index contributed by atoms with van der Waals surface area (Å²) in [7, 11) is 0. The minimum atomic E-state index is -1.93. The van der Waals surface area contributed by atoms with Crippen LogP contribution in [0.25, 0.3) is 0 Å². The third-order valence-electron chi connectivity index (χ3n) is 0.970. The van der Waals surface area contributed by atoms with Crippen molar-refractivity contribution >= 4 is 28.8 Å². The number of rotatable bonds is 4. The Kier molecular flexibility index (Phi) is 12.5. The first-order valence-corrected chi connectivity index (χ1v) is 5.60. The van der Waals surface area contributed by atoms with E-state index in [9.17, 15) is 8.37 Å². The second-order valence-electron chi connectivity index (χ2n) is 1.79. The van der Waals surface area contributed by atoms with Crippen LogP contribution in [0.15, 0.2) is 0 Å². The molecule has 0 radical (unpaired) electrons. The Balaban J connectivity index is 0. The molecule has 51 valence electrons. The summed E-state index contributed by atoms with van der Waals surface area (Å²) in [4.78, 5) is 10.3. The third-order valence-corrected chi connectivity index (χ3v) is 2.39. The molecule has 0 aromatic carbocycles. The summed E-state index contributed by atoms with van der Waals surface area (Å²) >= 11 is -1.93. The molecule has 0 bridgehead atoms. The van der Waals surface area contributed by atoms with Crippen molar-refractivity contribution in [2.45, 2.75) is 26.2 Å². The molecule has 0 N–H and O–H groups in total. The summed E-state index contributed by atoms with van der Waals surface area (Å²) in [5, 5.41) is 0. The molecular weight excluding hydrogens is 279 g/mol. The molecule has 0 fully saturated rings. The number of unbranched alkanes of at least 4 members (excludes halogenated alkanes) is 1. The first-order chi connectivity index (χ1) is 3.81. The van der Waals surface area contributed by atoms with Crippen molar-refractivity contribution in [1.82, 2.24) is 0 Å². The number of hydrogen-bond acceptors (Lipinski definition) is 2. The molecule has 0 aromatic heterocycles. The fourth-order valence-electron chi connectivity index (χ4n) is 0.446. The Morgan fingerprint density at radius 3 is 2.44 bits per heavy atom. The van der Waals surface area contributed by atoms with Gasteiger partial charge in [-0.2, -0.15) is 0 Å². The van der Waals surface area contributed by atoms with Crippen molar-refractivity contribution in [3.8, 4) is 0 Å². The standard InChI is InChI=1S/C5H9O.O.Sb.Zn.3H/c1-2-3-4-5-6;;;;;;/h2-4H2,1H3;;;;;;. The minimum absolute atomic E-state index is 0. The second-order valence-corrected chi connectivity index (χ2v) is 4.05. The first kappa shape index (κ1) is 12.6. The van der Waals surface area contributed by atoms with E-state index in [0.29, 0.717) is 6.42 Å². The van der Waals surface area contributed by atoms with Crippen LogP contribution in [0, 0.1) is 0 Å². The molecule has 0 heterocycles. The average Bonchev–Trinajstić information content (AvgIpc) is 1.83. The molecule has 0 aliphatic carbocycles. The van der Waals surface area contributed by atoms with Crippen molar-refractivity contribution in [1.29, 1.82) is 0 Å². The van der Waals surface area contributed by atoms with E-state index in [0.717, 1.165) is 12.8 Å². The van der Waals surface area contributed by atoms with Crippen LogP contribution in [0.1, 0.15) is 26.2 Å². The molecule has 9 heavy (non-hydrogen) atoms. The zero-order valence-electron chi connectivity index (χ0n) is 5.85. The molecule has 0 saturated heterocycles. The van der Waals surface area contributed by atoms with Gasteiger partial charge in [-0.1, -0.05) is 0 Å². The number of carbonyl (C=O) groups excluding carboxylic acids is 1. The van der Waals surface area contributed by atoms with Gasteiger partial charge in [-0.15, -0.1) is 0 Å². The van der Waals surface area contributed by atoms with Crippen molar-refractivity contribution in [2.24, 2.45) is 0 Å². The summed E-state index contributed by atoms with van der Waals surface area (Å²) in [5.74, 6) is 0. The van der Waals surface area contributed by atoms with E-state index in [1.165, 1.54) is 0 Å². The van der Waals surface area contributed by atoms with E-state index in [4.69, 9.17) is 0 Å². The zero-order valence-corrected chi connectivity index (χ0v) is 12.9. The molecule has 0 aliphatic rings. The fraction of sp³-hybridized carbons (Fsp3) is 0.800. The quantitative estimate of drug-likeness (QED) is 0.681. The second kappa shape index (κ2) is 8.91. The Morgan fingerprint density at radius 1 is 1.56 bits per heavy atom. The molecule has 0 rings (SSSR count). The van der Waals surface area contributed by atoms with Gasteiger partial charge in [0.05, 0.1) is 0 Å². The van der Waals surface area contributed by atoms with E-state index in [1.807, 2.05) is 6.92 Å². The molecule has 0 atom stereocenters. The van der Waals surface area contributed by atoms with Gasteiger partial charge in [-0.25, -0.2) is 0 Å². The first-order valence-electron chi connectivity index (χ1n) is 2.91. The maximum atomic E-state index is 10.3. The topological polar surface area (TPSA) is 34.1 Å². The van der Waals surface area contributed by atoms with Crippen molar-refractivity contribution in [2.75, 3.05) is 0 Å². The van der Waals surface area contributed by atoms with E-state index >= 15 is 0 Å². The van der Waals surface area contributed by atoms with Crippen LogP contribution in [0.2, 0.25) is 0 Å². The predicted octanol–water partition coefficient (Wildman–Crippen LogP) is -0.0527. The van der Waals surface area contributed by atoms with Crippen LogP contribution in [0.4, 0.5) is 0 Å². The molecule has 0 amide bonds. The molecule has 2 nitrogen and oxygen atoms in total. The molecule has 4 heteroatoms. The molecule has 0 aromatic rings. The Bertz CT molecular complexity index is 95.0. The Hall–Kier alpha value is 0.912. The Labute approximate surface area is 80.1 Å². The van der Waals surface area contributed by atoms with E-state index in [1.54, 1.807) is 0 Å². The number of hydrogen-bond donors (Lipinski definition) is 0. The SMILES string of the molecule is CCCC[C](=O)[Zn]=[O].[SbH3]. The Morgan fingerprint density at radius 2 is 2.11 bits per heavy atom. The van der Waals surface area contributed by atoms with Crippen molar-refractivity contribution < 1.29 is 25.4 Å². The van der Waals surface area contributed by atoms with Gasteiger partial charge in [0.1, 0.15) is 0 Å². The molecule has 0 aliphatic heterocycles. The van der Waals surface area contributed by atoms with Gasteiger partial charge in [-0.05, 0) is 0 Å². The van der Waals surface area contributed by atoms with Gasteiger partial charge < -0.3 is 0 Å².